The summed E-state index contributed by atoms with van der Waals surface area (Å²) in [7, 11) is 0. The first-order valence-electron chi connectivity index (χ1n) is 5.01. The lowest BCUT2D eigenvalue weighted by molar-refractivity contribution is 0.473. The third-order valence-electron chi connectivity index (χ3n) is 2.47. The number of phenols is 1. The van der Waals surface area contributed by atoms with E-state index in [0.717, 1.165) is 11.1 Å². The summed E-state index contributed by atoms with van der Waals surface area (Å²) in [5.41, 5.74) is 3.47. The first-order valence-corrected chi connectivity index (χ1v) is 5.01. The van der Waals surface area contributed by atoms with E-state index in [1.807, 2.05) is 43.3 Å². The second kappa shape index (κ2) is 4.08. The van der Waals surface area contributed by atoms with Crippen molar-refractivity contribution >= 4 is 0 Å². The Morgan fingerprint density at radius 2 is 1.81 bits per heavy atom. The van der Waals surface area contributed by atoms with Crippen molar-refractivity contribution in [3.05, 3.63) is 53.6 Å². The summed E-state index contributed by atoms with van der Waals surface area (Å²) in [5.74, 6) is 0.0268. The summed E-state index contributed by atoms with van der Waals surface area (Å²) < 4.78 is 0. The Kier molecular flexibility index (Phi) is 2.61. The number of hydrogen-bond donors (Lipinski definition) is 1. The number of nitrogens with zero attached hydrogens (tertiary/aromatic N) is 1. The first kappa shape index (κ1) is 10.3. The number of aryl methyl sites for hydroxylation is 1. The van der Waals surface area contributed by atoms with E-state index < -0.39 is 0 Å². The van der Waals surface area contributed by atoms with Crippen LogP contribution in [0.15, 0.2) is 42.5 Å². The zero-order chi connectivity index (χ0) is 11.5. The van der Waals surface area contributed by atoms with Gasteiger partial charge in [0.2, 0.25) is 0 Å². The molecule has 0 heterocycles. The number of phenolic OH excluding ortho intramolecular Hbond substituents is 1. The van der Waals surface area contributed by atoms with Crippen LogP contribution in [0.5, 0.6) is 5.75 Å². The fraction of sp³-hybridized carbons (Fsp3) is 0.0714. The van der Waals surface area contributed by atoms with Crippen molar-refractivity contribution in [1.82, 2.24) is 0 Å². The molecule has 2 aromatic rings. The summed E-state index contributed by atoms with van der Waals surface area (Å²) in [5, 5.41) is 18.2. The second-order valence-electron chi connectivity index (χ2n) is 3.71. The lowest BCUT2D eigenvalue weighted by Crippen LogP contribution is -1.82. The van der Waals surface area contributed by atoms with Gasteiger partial charge in [-0.3, -0.25) is 0 Å². The number of aromatic hydroxyl groups is 1. The Bertz CT molecular complexity index is 567. The van der Waals surface area contributed by atoms with Crippen LogP contribution in [0.3, 0.4) is 0 Å². The van der Waals surface area contributed by atoms with Crippen molar-refractivity contribution in [2.75, 3.05) is 0 Å². The zero-order valence-electron chi connectivity index (χ0n) is 8.94. The molecule has 0 amide bonds. The van der Waals surface area contributed by atoms with Crippen molar-refractivity contribution in [3.8, 4) is 22.9 Å². The minimum Gasteiger partial charge on any atom is -0.507 e. The number of nitriles is 1. The molecule has 2 heteroatoms. The molecule has 0 aliphatic carbocycles. The summed E-state index contributed by atoms with van der Waals surface area (Å²) in [6.07, 6.45) is 0. The van der Waals surface area contributed by atoms with Crippen LogP contribution < -0.4 is 0 Å². The molecule has 0 unspecified atom stereocenters. The Hall–Kier alpha value is -2.27. The summed E-state index contributed by atoms with van der Waals surface area (Å²) in [6.45, 7) is 2.02. The Balaban J connectivity index is 2.54. The van der Waals surface area contributed by atoms with Gasteiger partial charge in [-0.1, -0.05) is 35.9 Å². The molecule has 0 aliphatic heterocycles. The van der Waals surface area contributed by atoms with Gasteiger partial charge < -0.3 is 5.11 Å². The molecule has 0 saturated heterocycles. The smallest absolute Gasteiger partial charge is 0.133 e. The SMILES string of the molecule is Cc1cccc(-c2ccc(O)c(C#N)c2)c1. The van der Waals surface area contributed by atoms with Crippen molar-refractivity contribution in [1.29, 1.82) is 5.26 Å². The topological polar surface area (TPSA) is 44.0 Å². The van der Waals surface area contributed by atoms with Crippen LogP contribution in [0.25, 0.3) is 11.1 Å². The van der Waals surface area contributed by atoms with E-state index in [1.165, 1.54) is 5.56 Å². The van der Waals surface area contributed by atoms with Gasteiger partial charge in [-0.15, -0.1) is 0 Å². The third kappa shape index (κ3) is 1.89. The number of hydrogen-bond acceptors (Lipinski definition) is 2. The molecule has 1 N–H and O–H groups in total. The molecule has 2 rings (SSSR count). The highest BCUT2D eigenvalue weighted by Gasteiger charge is 2.03. The average Bonchev–Trinajstić information content (AvgIpc) is 2.29. The monoisotopic (exact) mass is 209 g/mol. The van der Waals surface area contributed by atoms with Crippen LogP contribution >= 0.6 is 0 Å². The van der Waals surface area contributed by atoms with Gasteiger partial charge in [0.25, 0.3) is 0 Å². The normalized spacial score (nSPS) is 9.75. The van der Waals surface area contributed by atoms with E-state index in [0.29, 0.717) is 5.56 Å². The maximum absolute atomic E-state index is 9.41. The van der Waals surface area contributed by atoms with Gasteiger partial charge in [-0.25, -0.2) is 0 Å². The van der Waals surface area contributed by atoms with Crippen LogP contribution in [-0.2, 0) is 0 Å². The largest absolute Gasteiger partial charge is 0.507 e. The Morgan fingerprint density at radius 1 is 1.06 bits per heavy atom. The second-order valence-corrected chi connectivity index (χ2v) is 3.71. The maximum atomic E-state index is 9.41. The fourth-order valence-corrected chi connectivity index (χ4v) is 1.63. The molecule has 0 aliphatic rings. The van der Waals surface area contributed by atoms with E-state index in [9.17, 15) is 5.11 Å². The molecule has 16 heavy (non-hydrogen) atoms. The molecular formula is C14H11NO. The van der Waals surface area contributed by atoms with Gasteiger partial charge in [-0.2, -0.15) is 5.26 Å². The van der Waals surface area contributed by atoms with Crippen LogP contribution in [0.2, 0.25) is 0 Å². The third-order valence-corrected chi connectivity index (χ3v) is 2.47. The first-order chi connectivity index (χ1) is 7.70. The van der Waals surface area contributed by atoms with Crippen molar-refractivity contribution in [2.24, 2.45) is 0 Å². The summed E-state index contributed by atoms with van der Waals surface area (Å²) >= 11 is 0. The lowest BCUT2D eigenvalue weighted by Gasteiger charge is -2.04. The maximum Gasteiger partial charge on any atom is 0.133 e. The summed E-state index contributed by atoms with van der Waals surface area (Å²) in [6, 6.07) is 15.1. The van der Waals surface area contributed by atoms with E-state index in [4.69, 9.17) is 5.26 Å². The lowest BCUT2D eigenvalue weighted by atomic mass is 10.0. The zero-order valence-corrected chi connectivity index (χ0v) is 8.94. The molecule has 0 saturated carbocycles. The molecule has 0 aromatic heterocycles. The predicted octanol–water partition coefficient (Wildman–Crippen LogP) is 3.24. The van der Waals surface area contributed by atoms with Gasteiger partial charge in [0.05, 0.1) is 5.56 Å². The molecular weight excluding hydrogens is 198 g/mol. The van der Waals surface area contributed by atoms with Crippen LogP contribution in [0.1, 0.15) is 11.1 Å². The summed E-state index contributed by atoms with van der Waals surface area (Å²) in [4.78, 5) is 0. The quantitative estimate of drug-likeness (QED) is 0.783. The van der Waals surface area contributed by atoms with Gasteiger partial charge >= 0.3 is 0 Å². The predicted molar refractivity (Wildman–Crippen MR) is 63.0 cm³/mol. The molecule has 0 fully saturated rings. The minimum absolute atomic E-state index is 0.0268. The van der Waals surface area contributed by atoms with Crippen LogP contribution in [0, 0.1) is 18.3 Å². The van der Waals surface area contributed by atoms with Gasteiger partial charge in [-0.05, 0) is 30.2 Å². The van der Waals surface area contributed by atoms with Gasteiger partial charge in [0, 0.05) is 0 Å². The van der Waals surface area contributed by atoms with Crippen molar-refractivity contribution < 1.29 is 5.11 Å². The fourth-order valence-electron chi connectivity index (χ4n) is 1.63. The average molecular weight is 209 g/mol. The van der Waals surface area contributed by atoms with Gasteiger partial charge in [0.15, 0.2) is 0 Å². The Labute approximate surface area is 94.4 Å². The Morgan fingerprint density at radius 3 is 2.50 bits per heavy atom. The van der Waals surface area contributed by atoms with Crippen LogP contribution in [-0.4, -0.2) is 5.11 Å². The molecule has 0 bridgehead atoms. The highest BCUT2D eigenvalue weighted by atomic mass is 16.3. The van der Waals surface area contributed by atoms with E-state index in [1.54, 1.807) is 12.1 Å². The number of benzene rings is 2. The van der Waals surface area contributed by atoms with Crippen molar-refractivity contribution in [3.63, 3.8) is 0 Å². The molecule has 78 valence electrons. The number of rotatable bonds is 1. The molecule has 2 nitrogen and oxygen atoms in total. The van der Waals surface area contributed by atoms with E-state index >= 15 is 0 Å². The van der Waals surface area contributed by atoms with Crippen molar-refractivity contribution in [2.45, 2.75) is 6.92 Å². The van der Waals surface area contributed by atoms with Crippen LogP contribution in [0.4, 0.5) is 0 Å². The van der Waals surface area contributed by atoms with E-state index in [2.05, 4.69) is 0 Å². The molecule has 0 radical (unpaired) electrons. The molecule has 0 spiro atoms. The standard InChI is InChI=1S/C14H11NO/c1-10-3-2-4-11(7-10)12-5-6-14(16)13(8-12)9-15/h2-8,16H,1H3. The molecule has 0 atom stereocenters. The van der Waals surface area contributed by atoms with E-state index in [-0.39, 0.29) is 5.75 Å². The minimum atomic E-state index is 0.0268. The highest BCUT2D eigenvalue weighted by molar-refractivity contribution is 5.67. The highest BCUT2D eigenvalue weighted by Crippen LogP contribution is 2.25. The molecule has 2 aromatic carbocycles. The van der Waals surface area contributed by atoms with Gasteiger partial charge in [0.1, 0.15) is 11.8 Å².